The summed E-state index contributed by atoms with van der Waals surface area (Å²) in [6.45, 7) is 5.71. The van der Waals surface area contributed by atoms with E-state index in [9.17, 15) is 0 Å². The Morgan fingerprint density at radius 2 is 2.43 bits per heavy atom. The highest BCUT2D eigenvalue weighted by Crippen LogP contribution is 2.17. The molecule has 1 aromatic heterocycles. The molecule has 3 nitrogen and oxygen atoms in total. The van der Waals surface area contributed by atoms with E-state index in [2.05, 4.69) is 34.6 Å². The molecule has 0 spiro atoms. The van der Waals surface area contributed by atoms with Crippen LogP contribution in [0, 0.1) is 12.8 Å². The number of aromatic nitrogens is 2. The third-order valence-corrected chi connectivity index (χ3v) is 3.10. The molecule has 0 aliphatic carbocycles. The Balaban J connectivity index is 1.94. The molecule has 3 heteroatoms. The van der Waals surface area contributed by atoms with E-state index in [1.54, 1.807) is 0 Å². The minimum atomic E-state index is 0.807. The summed E-state index contributed by atoms with van der Waals surface area (Å²) in [5.74, 6) is 1.94. The van der Waals surface area contributed by atoms with Crippen molar-refractivity contribution < 1.29 is 0 Å². The summed E-state index contributed by atoms with van der Waals surface area (Å²) in [6, 6.07) is 0. The predicted molar refractivity (Wildman–Crippen MR) is 57.2 cm³/mol. The summed E-state index contributed by atoms with van der Waals surface area (Å²) in [5.41, 5.74) is 0. The fraction of sp³-hybridized carbons (Fsp3) is 0.727. The maximum absolute atomic E-state index is 4.25. The molecule has 1 fully saturated rings. The van der Waals surface area contributed by atoms with Gasteiger partial charge in [-0.1, -0.05) is 0 Å². The lowest BCUT2D eigenvalue weighted by Crippen LogP contribution is -2.34. The number of rotatable bonds is 2. The molecule has 0 saturated carbocycles. The van der Waals surface area contributed by atoms with E-state index in [1.165, 1.54) is 25.9 Å². The smallest absolute Gasteiger partial charge is 0.105 e. The average molecular weight is 193 g/mol. The largest absolute Gasteiger partial charge is 0.335 e. The van der Waals surface area contributed by atoms with Gasteiger partial charge >= 0.3 is 0 Å². The van der Waals surface area contributed by atoms with Gasteiger partial charge in [-0.3, -0.25) is 0 Å². The fourth-order valence-electron chi connectivity index (χ4n) is 2.30. The first kappa shape index (κ1) is 9.71. The molecule has 0 N–H and O–H groups in total. The number of hydrogen-bond acceptors (Lipinski definition) is 2. The number of hydrogen-bond donors (Lipinski definition) is 0. The van der Waals surface area contributed by atoms with E-state index in [-0.39, 0.29) is 0 Å². The summed E-state index contributed by atoms with van der Waals surface area (Å²) >= 11 is 0. The Morgan fingerprint density at radius 1 is 1.57 bits per heavy atom. The van der Waals surface area contributed by atoms with Crippen LogP contribution in [0.3, 0.4) is 0 Å². The normalized spacial score (nSPS) is 24.0. The van der Waals surface area contributed by atoms with Gasteiger partial charge < -0.3 is 9.47 Å². The van der Waals surface area contributed by atoms with Crippen molar-refractivity contribution in [3.63, 3.8) is 0 Å². The van der Waals surface area contributed by atoms with Gasteiger partial charge in [0.2, 0.25) is 0 Å². The van der Waals surface area contributed by atoms with Gasteiger partial charge in [0.15, 0.2) is 0 Å². The van der Waals surface area contributed by atoms with E-state index < -0.39 is 0 Å². The molecular weight excluding hydrogens is 174 g/mol. The van der Waals surface area contributed by atoms with Crippen LogP contribution in [0.4, 0.5) is 0 Å². The van der Waals surface area contributed by atoms with Crippen LogP contribution in [-0.4, -0.2) is 34.6 Å². The summed E-state index contributed by atoms with van der Waals surface area (Å²) in [5, 5.41) is 0. The molecule has 1 aliphatic rings. The maximum Gasteiger partial charge on any atom is 0.105 e. The predicted octanol–water partition coefficient (Wildman–Crippen LogP) is 1.53. The van der Waals surface area contributed by atoms with E-state index in [4.69, 9.17) is 0 Å². The van der Waals surface area contributed by atoms with Gasteiger partial charge in [0, 0.05) is 25.5 Å². The lowest BCUT2D eigenvalue weighted by atomic mass is 9.98. The molecule has 14 heavy (non-hydrogen) atoms. The first-order chi connectivity index (χ1) is 6.75. The van der Waals surface area contributed by atoms with Crippen molar-refractivity contribution in [3.05, 3.63) is 18.2 Å². The van der Waals surface area contributed by atoms with Crippen molar-refractivity contribution in [1.82, 2.24) is 14.5 Å². The lowest BCUT2D eigenvalue weighted by molar-refractivity contribution is 0.194. The van der Waals surface area contributed by atoms with Gasteiger partial charge in [0.25, 0.3) is 0 Å². The summed E-state index contributed by atoms with van der Waals surface area (Å²) in [4.78, 5) is 6.68. The zero-order valence-corrected chi connectivity index (χ0v) is 9.11. The second-order valence-corrected chi connectivity index (χ2v) is 4.40. The average Bonchev–Trinajstić information content (AvgIpc) is 2.52. The Morgan fingerprint density at radius 3 is 3.07 bits per heavy atom. The minimum absolute atomic E-state index is 0.807. The minimum Gasteiger partial charge on any atom is -0.335 e. The van der Waals surface area contributed by atoms with E-state index in [0.717, 1.165) is 18.3 Å². The molecule has 1 atom stereocenters. The Kier molecular flexibility index (Phi) is 2.87. The van der Waals surface area contributed by atoms with Crippen LogP contribution < -0.4 is 0 Å². The molecule has 2 rings (SSSR count). The summed E-state index contributed by atoms with van der Waals surface area (Å²) in [6.07, 6.45) is 6.68. The van der Waals surface area contributed by atoms with Crippen LogP contribution in [-0.2, 0) is 6.54 Å². The highest BCUT2D eigenvalue weighted by Gasteiger charge is 2.17. The Bertz CT molecular complexity index is 292. The highest BCUT2D eigenvalue weighted by molar-refractivity contribution is 4.89. The SMILES string of the molecule is Cc1nccn1C[C@@H]1CCCN(C)C1. The van der Waals surface area contributed by atoms with Crippen LogP contribution in [0.15, 0.2) is 12.4 Å². The number of aryl methyl sites for hydroxylation is 1. The van der Waals surface area contributed by atoms with E-state index >= 15 is 0 Å². The van der Waals surface area contributed by atoms with Gasteiger partial charge in [-0.25, -0.2) is 4.98 Å². The number of likely N-dealkylation sites (tertiary alicyclic amines) is 1. The van der Waals surface area contributed by atoms with Crippen molar-refractivity contribution in [2.75, 3.05) is 20.1 Å². The second-order valence-electron chi connectivity index (χ2n) is 4.40. The molecule has 1 aromatic rings. The first-order valence-corrected chi connectivity index (χ1v) is 5.42. The molecule has 0 unspecified atom stereocenters. The van der Waals surface area contributed by atoms with Crippen molar-refractivity contribution >= 4 is 0 Å². The van der Waals surface area contributed by atoms with Crippen LogP contribution in [0.1, 0.15) is 18.7 Å². The van der Waals surface area contributed by atoms with E-state index in [1.807, 2.05) is 6.20 Å². The Labute approximate surface area is 85.7 Å². The third kappa shape index (κ3) is 2.15. The molecule has 0 radical (unpaired) electrons. The quantitative estimate of drug-likeness (QED) is 0.710. The Hall–Kier alpha value is -0.830. The van der Waals surface area contributed by atoms with Crippen LogP contribution in [0.2, 0.25) is 0 Å². The number of imidazole rings is 1. The van der Waals surface area contributed by atoms with Crippen LogP contribution in [0.25, 0.3) is 0 Å². The van der Waals surface area contributed by atoms with E-state index in [0.29, 0.717) is 0 Å². The number of piperidine rings is 1. The zero-order valence-electron chi connectivity index (χ0n) is 9.11. The molecular formula is C11H19N3. The molecule has 78 valence electrons. The van der Waals surface area contributed by atoms with Crippen molar-refractivity contribution in [2.24, 2.45) is 5.92 Å². The fourth-order valence-corrected chi connectivity index (χ4v) is 2.30. The summed E-state index contributed by atoms with van der Waals surface area (Å²) in [7, 11) is 2.22. The molecule has 1 saturated heterocycles. The van der Waals surface area contributed by atoms with Gasteiger partial charge in [0.05, 0.1) is 0 Å². The standard InChI is InChI=1S/C11H19N3/c1-10-12-5-7-14(10)9-11-4-3-6-13(2)8-11/h5,7,11H,3-4,6,8-9H2,1-2H3/t11-/m1/s1. The third-order valence-electron chi connectivity index (χ3n) is 3.10. The maximum atomic E-state index is 4.25. The van der Waals surface area contributed by atoms with Gasteiger partial charge in [-0.2, -0.15) is 0 Å². The summed E-state index contributed by atoms with van der Waals surface area (Å²) < 4.78 is 2.27. The van der Waals surface area contributed by atoms with Crippen molar-refractivity contribution in [2.45, 2.75) is 26.3 Å². The zero-order chi connectivity index (χ0) is 9.97. The van der Waals surface area contributed by atoms with Gasteiger partial charge in [-0.15, -0.1) is 0 Å². The van der Waals surface area contributed by atoms with Crippen LogP contribution >= 0.6 is 0 Å². The monoisotopic (exact) mass is 193 g/mol. The van der Waals surface area contributed by atoms with Crippen molar-refractivity contribution in [3.8, 4) is 0 Å². The first-order valence-electron chi connectivity index (χ1n) is 5.42. The van der Waals surface area contributed by atoms with Crippen LogP contribution in [0.5, 0.6) is 0 Å². The van der Waals surface area contributed by atoms with Gasteiger partial charge in [0.1, 0.15) is 5.82 Å². The second kappa shape index (κ2) is 4.13. The molecule has 0 aromatic carbocycles. The highest BCUT2D eigenvalue weighted by atomic mass is 15.1. The molecule has 2 heterocycles. The topological polar surface area (TPSA) is 21.1 Å². The van der Waals surface area contributed by atoms with Crippen molar-refractivity contribution in [1.29, 1.82) is 0 Å². The molecule has 0 bridgehead atoms. The number of nitrogens with zero attached hydrogens (tertiary/aromatic N) is 3. The molecule has 0 amide bonds. The molecule has 1 aliphatic heterocycles. The lowest BCUT2D eigenvalue weighted by Gasteiger charge is -2.30. The van der Waals surface area contributed by atoms with Gasteiger partial charge in [-0.05, 0) is 39.3 Å².